The Labute approximate surface area is 154 Å². The Kier molecular flexibility index (Phi) is 8.16. The lowest BCUT2D eigenvalue weighted by atomic mass is 10.1. The summed E-state index contributed by atoms with van der Waals surface area (Å²) in [5.74, 6) is -0.569. The smallest absolute Gasteiger partial charge is 0.326 e. The van der Waals surface area contributed by atoms with Crippen molar-refractivity contribution < 1.29 is 19.1 Å². The molecule has 0 saturated carbocycles. The van der Waals surface area contributed by atoms with Crippen molar-refractivity contribution in [3.63, 3.8) is 0 Å². The molecule has 0 aliphatic rings. The molecule has 0 spiro atoms. The first-order valence-corrected chi connectivity index (χ1v) is 9.25. The molecule has 138 valence electrons. The number of esters is 1. The van der Waals surface area contributed by atoms with Crippen LogP contribution in [0.15, 0.2) is 30.3 Å². The molecule has 1 aromatic carbocycles. The first-order chi connectivity index (χ1) is 11.6. The van der Waals surface area contributed by atoms with Crippen LogP contribution in [0.3, 0.4) is 0 Å². The zero-order valence-corrected chi connectivity index (χ0v) is 16.4. The largest absolute Gasteiger partial charge is 0.459 e. The van der Waals surface area contributed by atoms with Gasteiger partial charge in [0.05, 0.1) is 0 Å². The van der Waals surface area contributed by atoms with Crippen LogP contribution in [0.2, 0.25) is 0 Å². The molecule has 0 aliphatic carbocycles. The summed E-state index contributed by atoms with van der Waals surface area (Å²) in [4.78, 5) is 37.6. The highest BCUT2D eigenvalue weighted by Crippen LogP contribution is 2.15. The third kappa shape index (κ3) is 8.72. The summed E-state index contributed by atoms with van der Waals surface area (Å²) in [7, 11) is 0. The number of hydrogen-bond acceptors (Lipinski definition) is 5. The van der Waals surface area contributed by atoms with Crippen molar-refractivity contribution in [2.75, 3.05) is 12.3 Å². The van der Waals surface area contributed by atoms with E-state index in [2.05, 4.69) is 0 Å². The van der Waals surface area contributed by atoms with Gasteiger partial charge in [0.1, 0.15) is 12.1 Å². The van der Waals surface area contributed by atoms with Gasteiger partial charge in [-0.2, -0.15) is 0 Å². The summed E-state index contributed by atoms with van der Waals surface area (Å²) in [5.41, 5.74) is 0.333. The van der Waals surface area contributed by atoms with E-state index in [1.165, 1.54) is 11.8 Å². The fraction of sp³-hybridized carbons (Fsp3) is 0.526. The van der Waals surface area contributed by atoms with Crippen LogP contribution in [0.1, 0.15) is 40.2 Å². The van der Waals surface area contributed by atoms with E-state index in [0.717, 1.165) is 17.3 Å². The van der Waals surface area contributed by atoms with Gasteiger partial charge in [-0.15, -0.1) is 0 Å². The minimum Gasteiger partial charge on any atom is -0.459 e. The van der Waals surface area contributed by atoms with Gasteiger partial charge in [0.15, 0.2) is 5.12 Å². The van der Waals surface area contributed by atoms with Gasteiger partial charge in [-0.05, 0) is 26.3 Å². The monoisotopic (exact) mass is 365 g/mol. The Morgan fingerprint density at radius 2 is 1.76 bits per heavy atom. The maximum Gasteiger partial charge on any atom is 0.326 e. The quantitative estimate of drug-likeness (QED) is 0.694. The number of amides is 1. The molecule has 0 N–H and O–H groups in total. The van der Waals surface area contributed by atoms with Crippen LogP contribution in [0.25, 0.3) is 0 Å². The molecule has 0 saturated heterocycles. The lowest BCUT2D eigenvalue weighted by Gasteiger charge is -2.27. The van der Waals surface area contributed by atoms with E-state index < -0.39 is 11.6 Å². The number of thioether (sulfide) groups is 1. The lowest BCUT2D eigenvalue weighted by Crippen LogP contribution is -2.41. The third-order valence-electron chi connectivity index (χ3n) is 3.23. The van der Waals surface area contributed by atoms with Crippen molar-refractivity contribution >= 4 is 28.8 Å². The van der Waals surface area contributed by atoms with Crippen molar-refractivity contribution in [3.05, 3.63) is 35.9 Å². The zero-order valence-electron chi connectivity index (χ0n) is 15.6. The van der Waals surface area contributed by atoms with E-state index in [-0.39, 0.29) is 23.5 Å². The molecule has 1 unspecified atom stereocenters. The van der Waals surface area contributed by atoms with E-state index in [1.807, 2.05) is 30.3 Å². The summed E-state index contributed by atoms with van der Waals surface area (Å²) >= 11 is 1.12. The Bertz CT molecular complexity index is 595. The first-order valence-electron chi connectivity index (χ1n) is 8.26. The molecular weight excluding hydrogens is 338 g/mol. The molecule has 1 rings (SSSR count). The SMILES string of the molecule is CC(=O)SCC(C)C(=O)N(CC(=O)OC(C)(C)C)Cc1ccccc1. The van der Waals surface area contributed by atoms with Crippen LogP contribution in [0, 0.1) is 5.92 Å². The van der Waals surface area contributed by atoms with Gasteiger partial charge in [0.25, 0.3) is 0 Å². The summed E-state index contributed by atoms with van der Waals surface area (Å²) < 4.78 is 5.34. The van der Waals surface area contributed by atoms with Crippen LogP contribution in [-0.2, 0) is 25.7 Å². The number of ether oxygens (including phenoxy) is 1. The average molecular weight is 365 g/mol. The zero-order chi connectivity index (χ0) is 19.0. The third-order valence-corrected chi connectivity index (χ3v) is 4.30. The minimum absolute atomic E-state index is 0.0265. The van der Waals surface area contributed by atoms with E-state index in [4.69, 9.17) is 4.74 Å². The van der Waals surface area contributed by atoms with Gasteiger partial charge in [0.2, 0.25) is 5.91 Å². The molecule has 5 nitrogen and oxygen atoms in total. The Balaban J connectivity index is 2.84. The van der Waals surface area contributed by atoms with Crippen LogP contribution >= 0.6 is 11.8 Å². The highest BCUT2D eigenvalue weighted by molar-refractivity contribution is 8.13. The highest BCUT2D eigenvalue weighted by Gasteiger charge is 2.26. The number of nitrogens with zero attached hydrogens (tertiary/aromatic N) is 1. The number of carbonyl (C=O) groups is 3. The van der Waals surface area contributed by atoms with Gasteiger partial charge < -0.3 is 9.64 Å². The predicted molar refractivity (Wildman–Crippen MR) is 100 cm³/mol. The standard InChI is InChI=1S/C19H27NO4S/c1-14(13-25-15(2)21)18(23)20(11-16-9-7-6-8-10-16)12-17(22)24-19(3,4)5/h6-10,14H,11-13H2,1-5H3. The number of benzene rings is 1. The van der Waals surface area contributed by atoms with Crippen molar-refractivity contribution in [2.45, 2.75) is 46.8 Å². The Morgan fingerprint density at radius 1 is 1.16 bits per heavy atom. The molecule has 0 bridgehead atoms. The molecule has 1 amide bonds. The summed E-state index contributed by atoms with van der Waals surface area (Å²) in [6, 6.07) is 9.49. The van der Waals surface area contributed by atoms with Crippen LogP contribution in [-0.4, -0.2) is 39.8 Å². The van der Waals surface area contributed by atoms with Gasteiger partial charge in [-0.25, -0.2) is 0 Å². The molecule has 0 radical (unpaired) electrons. The summed E-state index contributed by atoms with van der Waals surface area (Å²) in [5, 5.41) is -0.0265. The van der Waals surface area contributed by atoms with Gasteiger partial charge in [-0.1, -0.05) is 49.0 Å². The molecule has 1 atom stereocenters. The second-order valence-corrected chi connectivity index (χ2v) is 8.17. The molecular formula is C19H27NO4S. The van der Waals surface area contributed by atoms with E-state index in [1.54, 1.807) is 27.7 Å². The topological polar surface area (TPSA) is 63.7 Å². The van der Waals surface area contributed by atoms with Gasteiger partial charge in [0, 0.05) is 25.1 Å². The average Bonchev–Trinajstić information content (AvgIpc) is 2.50. The maximum atomic E-state index is 12.8. The van der Waals surface area contributed by atoms with Crippen molar-refractivity contribution in [2.24, 2.45) is 5.92 Å². The van der Waals surface area contributed by atoms with Crippen molar-refractivity contribution in [1.82, 2.24) is 4.90 Å². The van der Waals surface area contributed by atoms with Gasteiger partial charge in [-0.3, -0.25) is 14.4 Å². The van der Waals surface area contributed by atoms with Crippen molar-refractivity contribution in [1.29, 1.82) is 0 Å². The Morgan fingerprint density at radius 3 is 2.28 bits per heavy atom. The minimum atomic E-state index is -0.603. The fourth-order valence-corrected chi connectivity index (χ4v) is 2.80. The number of hydrogen-bond donors (Lipinski definition) is 0. The maximum absolute atomic E-state index is 12.8. The first kappa shape index (κ1) is 21.2. The molecule has 0 fully saturated rings. The van der Waals surface area contributed by atoms with Gasteiger partial charge >= 0.3 is 5.97 Å². The molecule has 0 aromatic heterocycles. The molecule has 1 aromatic rings. The summed E-state index contributed by atoms with van der Waals surface area (Å²) in [6.07, 6.45) is 0. The molecule has 0 aliphatic heterocycles. The van der Waals surface area contributed by atoms with E-state index in [0.29, 0.717) is 12.3 Å². The number of carbonyl (C=O) groups excluding carboxylic acids is 3. The fourth-order valence-electron chi connectivity index (χ4n) is 2.17. The van der Waals surface area contributed by atoms with E-state index in [9.17, 15) is 14.4 Å². The van der Waals surface area contributed by atoms with E-state index >= 15 is 0 Å². The second-order valence-electron chi connectivity index (χ2n) is 6.97. The lowest BCUT2D eigenvalue weighted by molar-refractivity contribution is -0.159. The van der Waals surface area contributed by atoms with Crippen LogP contribution in [0.5, 0.6) is 0 Å². The summed E-state index contributed by atoms with van der Waals surface area (Å²) in [6.45, 7) is 8.84. The highest BCUT2D eigenvalue weighted by atomic mass is 32.2. The normalized spacial score (nSPS) is 12.4. The van der Waals surface area contributed by atoms with Crippen LogP contribution < -0.4 is 0 Å². The Hall–Kier alpha value is -1.82. The van der Waals surface area contributed by atoms with Crippen molar-refractivity contribution in [3.8, 4) is 0 Å². The number of rotatable bonds is 7. The molecule has 25 heavy (non-hydrogen) atoms. The molecule has 6 heteroatoms. The van der Waals surface area contributed by atoms with Crippen LogP contribution in [0.4, 0.5) is 0 Å². The second kappa shape index (κ2) is 9.61. The molecule has 0 heterocycles. The predicted octanol–water partition coefficient (Wildman–Crippen LogP) is 3.27.